The van der Waals surface area contributed by atoms with E-state index in [9.17, 15) is 0 Å². The van der Waals surface area contributed by atoms with Crippen LogP contribution in [-0.4, -0.2) is 29.0 Å². The predicted molar refractivity (Wildman–Crippen MR) is 70.1 cm³/mol. The van der Waals surface area contributed by atoms with Crippen LogP contribution in [0.4, 0.5) is 0 Å². The minimum Gasteiger partial charge on any atom is -0.393 e. The van der Waals surface area contributed by atoms with Crippen LogP contribution in [0.5, 0.6) is 0 Å². The van der Waals surface area contributed by atoms with Gasteiger partial charge in [-0.2, -0.15) is 0 Å². The van der Waals surface area contributed by atoms with Gasteiger partial charge in [-0.05, 0) is 31.7 Å². The van der Waals surface area contributed by atoms with Gasteiger partial charge in [0.2, 0.25) is 0 Å². The molecule has 88 valence electrons. The predicted octanol–water partition coefficient (Wildman–Crippen LogP) is 2.56. The van der Waals surface area contributed by atoms with Crippen LogP contribution in [0.25, 0.3) is 0 Å². The van der Waals surface area contributed by atoms with Crippen LogP contribution in [0.2, 0.25) is 0 Å². The van der Waals surface area contributed by atoms with Gasteiger partial charge in [-0.25, -0.2) is 0 Å². The first-order valence-corrected chi connectivity index (χ1v) is 6.60. The van der Waals surface area contributed by atoms with Gasteiger partial charge >= 0.3 is 0 Å². The van der Waals surface area contributed by atoms with Crippen LogP contribution in [0.3, 0.4) is 0 Å². The molecule has 1 rings (SSSR count). The molecule has 1 heterocycles. The molecule has 0 spiro atoms. The highest BCUT2D eigenvalue weighted by Gasteiger charge is 2.26. The molecule has 2 N–H and O–H groups in total. The Hall–Kier alpha value is -0.150. The molecule has 0 aliphatic carbocycles. The van der Waals surface area contributed by atoms with E-state index in [2.05, 4.69) is 18.7 Å². The maximum absolute atomic E-state index is 5.63. The van der Waals surface area contributed by atoms with Gasteiger partial charge in [0.1, 0.15) is 0 Å². The smallest absolute Gasteiger partial charge is 0.0743 e. The Morgan fingerprint density at radius 2 is 2.27 bits per heavy atom. The normalized spacial score (nSPS) is 24.3. The van der Waals surface area contributed by atoms with Crippen LogP contribution in [0, 0.1) is 5.92 Å². The Bertz CT molecular complexity index is 206. The number of nitrogens with two attached hydrogens (primary N) is 1. The Kier molecular flexibility index (Phi) is 5.54. The second-order valence-electron chi connectivity index (χ2n) is 4.67. The van der Waals surface area contributed by atoms with E-state index in [1.165, 1.54) is 32.4 Å². The van der Waals surface area contributed by atoms with Crippen molar-refractivity contribution in [3.8, 4) is 0 Å². The Balaban J connectivity index is 2.39. The Morgan fingerprint density at radius 3 is 2.80 bits per heavy atom. The molecule has 0 aromatic rings. The average molecular weight is 228 g/mol. The van der Waals surface area contributed by atoms with Gasteiger partial charge in [-0.3, -0.25) is 4.90 Å². The number of rotatable bonds is 6. The van der Waals surface area contributed by atoms with Gasteiger partial charge < -0.3 is 5.73 Å². The highest BCUT2D eigenvalue weighted by Crippen LogP contribution is 2.24. The van der Waals surface area contributed by atoms with E-state index < -0.39 is 0 Å². The molecule has 0 aromatic carbocycles. The van der Waals surface area contributed by atoms with Crippen molar-refractivity contribution in [2.45, 2.75) is 52.0 Å². The van der Waals surface area contributed by atoms with E-state index in [1.54, 1.807) is 0 Å². The highest BCUT2D eigenvalue weighted by molar-refractivity contribution is 7.80. The molecule has 2 nitrogen and oxygen atoms in total. The number of hydrogen-bond donors (Lipinski definition) is 1. The van der Waals surface area contributed by atoms with Crippen molar-refractivity contribution >= 4 is 17.2 Å². The van der Waals surface area contributed by atoms with Gasteiger partial charge in [0, 0.05) is 19.0 Å². The van der Waals surface area contributed by atoms with Gasteiger partial charge in [0.15, 0.2) is 0 Å². The van der Waals surface area contributed by atoms with Gasteiger partial charge in [0.25, 0.3) is 0 Å². The SMILES string of the molecule is CCCC1CCN(C(CC)CC(N)=S)C1. The van der Waals surface area contributed by atoms with Crippen LogP contribution >= 0.6 is 12.2 Å². The minimum absolute atomic E-state index is 0.587. The largest absolute Gasteiger partial charge is 0.393 e. The fourth-order valence-electron chi connectivity index (χ4n) is 2.60. The summed E-state index contributed by atoms with van der Waals surface area (Å²) in [7, 11) is 0. The number of hydrogen-bond acceptors (Lipinski definition) is 2. The van der Waals surface area contributed by atoms with Crippen LogP contribution in [0.15, 0.2) is 0 Å². The molecule has 0 saturated carbocycles. The molecular weight excluding hydrogens is 204 g/mol. The maximum Gasteiger partial charge on any atom is 0.0743 e. The molecule has 0 radical (unpaired) electrons. The third kappa shape index (κ3) is 4.07. The molecule has 0 aromatic heterocycles. The third-order valence-electron chi connectivity index (χ3n) is 3.44. The van der Waals surface area contributed by atoms with E-state index >= 15 is 0 Å². The molecule has 0 amide bonds. The van der Waals surface area contributed by atoms with Crippen molar-refractivity contribution in [1.82, 2.24) is 4.90 Å². The molecule has 15 heavy (non-hydrogen) atoms. The van der Waals surface area contributed by atoms with Crippen molar-refractivity contribution in [2.75, 3.05) is 13.1 Å². The first-order chi connectivity index (χ1) is 7.17. The number of thiocarbonyl (C=S) groups is 1. The van der Waals surface area contributed by atoms with Crippen molar-refractivity contribution < 1.29 is 0 Å². The molecule has 2 unspecified atom stereocenters. The summed E-state index contributed by atoms with van der Waals surface area (Å²) >= 11 is 5.01. The topological polar surface area (TPSA) is 29.3 Å². The highest BCUT2D eigenvalue weighted by atomic mass is 32.1. The first-order valence-electron chi connectivity index (χ1n) is 6.19. The zero-order valence-electron chi connectivity index (χ0n) is 10.0. The van der Waals surface area contributed by atoms with Crippen LogP contribution < -0.4 is 5.73 Å². The maximum atomic E-state index is 5.63. The lowest BCUT2D eigenvalue weighted by Crippen LogP contribution is -2.35. The molecule has 1 aliphatic rings. The summed E-state index contributed by atoms with van der Waals surface area (Å²) in [6, 6.07) is 0.587. The fourth-order valence-corrected chi connectivity index (χ4v) is 2.79. The number of likely N-dealkylation sites (tertiary alicyclic amines) is 1. The van der Waals surface area contributed by atoms with E-state index in [4.69, 9.17) is 18.0 Å². The summed E-state index contributed by atoms with van der Waals surface area (Å²) in [5.41, 5.74) is 5.63. The summed E-state index contributed by atoms with van der Waals surface area (Å²) in [6.07, 6.45) is 6.10. The lowest BCUT2D eigenvalue weighted by Gasteiger charge is -2.26. The van der Waals surface area contributed by atoms with E-state index in [0.717, 1.165) is 18.8 Å². The lowest BCUT2D eigenvalue weighted by atomic mass is 10.0. The van der Waals surface area contributed by atoms with Crippen molar-refractivity contribution in [3.05, 3.63) is 0 Å². The second kappa shape index (κ2) is 6.44. The Morgan fingerprint density at radius 1 is 1.53 bits per heavy atom. The van der Waals surface area contributed by atoms with Gasteiger partial charge in [0.05, 0.1) is 4.99 Å². The number of nitrogens with zero attached hydrogens (tertiary/aromatic N) is 1. The second-order valence-corrected chi connectivity index (χ2v) is 5.20. The quantitative estimate of drug-likeness (QED) is 0.709. The standard InChI is InChI=1S/C12H24N2S/c1-3-5-10-6-7-14(9-10)11(4-2)8-12(13)15/h10-11H,3-9H2,1-2H3,(H2,13,15). The lowest BCUT2D eigenvalue weighted by molar-refractivity contribution is 0.231. The molecule has 2 atom stereocenters. The third-order valence-corrected chi connectivity index (χ3v) is 3.61. The summed E-state index contributed by atoms with van der Waals surface area (Å²) in [6.45, 7) is 7.01. The summed E-state index contributed by atoms with van der Waals surface area (Å²) in [4.78, 5) is 3.25. The van der Waals surface area contributed by atoms with Crippen molar-refractivity contribution in [3.63, 3.8) is 0 Å². The Labute approximate surface area is 99.2 Å². The van der Waals surface area contributed by atoms with Crippen molar-refractivity contribution in [2.24, 2.45) is 11.7 Å². The monoisotopic (exact) mass is 228 g/mol. The fraction of sp³-hybridized carbons (Fsp3) is 0.917. The van der Waals surface area contributed by atoms with E-state index in [-0.39, 0.29) is 0 Å². The van der Waals surface area contributed by atoms with Crippen LogP contribution in [0.1, 0.15) is 46.0 Å². The molecular formula is C12H24N2S. The average Bonchev–Trinajstić information content (AvgIpc) is 2.63. The molecule has 1 fully saturated rings. The van der Waals surface area contributed by atoms with Gasteiger partial charge in [-0.1, -0.05) is 32.5 Å². The van der Waals surface area contributed by atoms with E-state index in [0.29, 0.717) is 11.0 Å². The van der Waals surface area contributed by atoms with Gasteiger partial charge in [-0.15, -0.1) is 0 Å². The summed E-state index contributed by atoms with van der Waals surface area (Å²) in [5, 5.41) is 0. The molecule has 3 heteroatoms. The minimum atomic E-state index is 0.587. The molecule has 1 saturated heterocycles. The summed E-state index contributed by atoms with van der Waals surface area (Å²) in [5.74, 6) is 0.912. The zero-order valence-corrected chi connectivity index (χ0v) is 10.9. The molecule has 0 bridgehead atoms. The van der Waals surface area contributed by atoms with Crippen LogP contribution in [-0.2, 0) is 0 Å². The first kappa shape index (κ1) is 12.9. The molecule has 1 aliphatic heterocycles. The zero-order chi connectivity index (χ0) is 11.3. The van der Waals surface area contributed by atoms with Crippen molar-refractivity contribution in [1.29, 1.82) is 0 Å². The summed E-state index contributed by atoms with van der Waals surface area (Å²) < 4.78 is 0. The van der Waals surface area contributed by atoms with E-state index in [1.807, 2.05) is 0 Å².